The van der Waals surface area contributed by atoms with Crippen LogP contribution in [0.4, 0.5) is 5.69 Å². The maximum Gasteiger partial charge on any atom is 0.331 e. The lowest BCUT2D eigenvalue weighted by Gasteiger charge is -2.18. The number of hydrogen-bond acceptors (Lipinski definition) is 5. The highest BCUT2D eigenvalue weighted by molar-refractivity contribution is 6.30. The van der Waals surface area contributed by atoms with Crippen LogP contribution in [0.3, 0.4) is 0 Å². The highest BCUT2D eigenvalue weighted by atomic mass is 35.5. The molecule has 26 heavy (non-hydrogen) atoms. The van der Waals surface area contributed by atoms with Crippen molar-refractivity contribution in [3.63, 3.8) is 0 Å². The maximum atomic E-state index is 11.9. The van der Waals surface area contributed by atoms with E-state index in [1.165, 1.54) is 6.08 Å². The van der Waals surface area contributed by atoms with Gasteiger partial charge in [0.15, 0.2) is 18.1 Å². The highest BCUT2D eigenvalue weighted by Crippen LogP contribution is 2.32. The number of carbonyl (C=O) groups is 2. The van der Waals surface area contributed by atoms with Crippen molar-refractivity contribution in [2.24, 2.45) is 0 Å². The Morgan fingerprint density at radius 1 is 1.12 bits per heavy atom. The molecule has 0 bridgehead atoms. The quantitative estimate of drug-likeness (QED) is 0.643. The predicted octanol–water partition coefficient (Wildman–Crippen LogP) is 3.31. The Kier molecular flexibility index (Phi) is 5.76. The van der Waals surface area contributed by atoms with Crippen molar-refractivity contribution < 1.29 is 23.8 Å². The first-order valence-corrected chi connectivity index (χ1v) is 8.28. The zero-order valence-electron chi connectivity index (χ0n) is 13.7. The van der Waals surface area contributed by atoms with Crippen molar-refractivity contribution in [2.75, 3.05) is 25.1 Å². The smallest absolute Gasteiger partial charge is 0.331 e. The van der Waals surface area contributed by atoms with Gasteiger partial charge in [-0.1, -0.05) is 23.7 Å². The number of fused-ring (bicyclic) bond motifs is 1. The number of rotatable bonds is 5. The third kappa shape index (κ3) is 5.00. The van der Waals surface area contributed by atoms with Crippen LogP contribution in [0.1, 0.15) is 5.56 Å². The first-order valence-electron chi connectivity index (χ1n) is 7.90. The van der Waals surface area contributed by atoms with Crippen LogP contribution in [0, 0.1) is 0 Å². The Bertz CT molecular complexity index is 850. The van der Waals surface area contributed by atoms with Crippen molar-refractivity contribution in [2.45, 2.75) is 0 Å². The molecule has 1 heterocycles. The molecule has 1 N–H and O–H groups in total. The van der Waals surface area contributed by atoms with Gasteiger partial charge in [0.05, 0.1) is 0 Å². The zero-order valence-corrected chi connectivity index (χ0v) is 14.5. The van der Waals surface area contributed by atoms with Gasteiger partial charge in [0.25, 0.3) is 5.91 Å². The van der Waals surface area contributed by atoms with Crippen molar-refractivity contribution in [3.8, 4) is 11.5 Å². The second-order valence-corrected chi connectivity index (χ2v) is 5.84. The second-order valence-electron chi connectivity index (χ2n) is 5.40. The summed E-state index contributed by atoms with van der Waals surface area (Å²) in [6.45, 7) is 0.561. The normalized spacial score (nSPS) is 12.7. The highest BCUT2D eigenvalue weighted by Gasteiger charge is 2.13. The third-order valence-corrected chi connectivity index (χ3v) is 3.67. The van der Waals surface area contributed by atoms with E-state index in [0.717, 1.165) is 5.56 Å². The number of benzene rings is 2. The minimum Gasteiger partial charge on any atom is -0.486 e. The van der Waals surface area contributed by atoms with Gasteiger partial charge in [0, 0.05) is 22.9 Å². The van der Waals surface area contributed by atoms with Crippen LogP contribution in [0.5, 0.6) is 11.5 Å². The summed E-state index contributed by atoms with van der Waals surface area (Å²) in [6.07, 6.45) is 2.80. The Labute approximate surface area is 155 Å². The van der Waals surface area contributed by atoms with E-state index < -0.39 is 18.5 Å². The predicted molar refractivity (Wildman–Crippen MR) is 97.5 cm³/mol. The summed E-state index contributed by atoms with van der Waals surface area (Å²) in [5.74, 6) is 0.121. The van der Waals surface area contributed by atoms with Gasteiger partial charge in [-0.3, -0.25) is 4.79 Å². The molecule has 3 rings (SSSR count). The molecule has 0 saturated heterocycles. The lowest BCUT2D eigenvalue weighted by Crippen LogP contribution is -2.20. The number of amides is 1. The topological polar surface area (TPSA) is 73.9 Å². The van der Waals surface area contributed by atoms with Gasteiger partial charge in [-0.2, -0.15) is 0 Å². The standard InChI is InChI=1S/C19H16ClNO5/c20-14-3-1-2-13(10-14)4-7-19(23)26-12-18(22)21-15-5-6-16-17(11-15)25-9-8-24-16/h1-7,10-11H,8-9,12H2,(H,21,22). The Morgan fingerprint density at radius 3 is 2.73 bits per heavy atom. The van der Waals surface area contributed by atoms with Gasteiger partial charge in [0.1, 0.15) is 13.2 Å². The van der Waals surface area contributed by atoms with Crippen LogP contribution < -0.4 is 14.8 Å². The van der Waals surface area contributed by atoms with Gasteiger partial charge in [-0.25, -0.2) is 4.79 Å². The minimum absolute atomic E-state index is 0.396. The SMILES string of the molecule is O=C(COC(=O)C=Cc1cccc(Cl)c1)Nc1ccc2c(c1)OCCO2. The molecule has 1 amide bonds. The Hall–Kier alpha value is -2.99. The van der Waals surface area contributed by atoms with Crippen LogP contribution >= 0.6 is 11.6 Å². The van der Waals surface area contributed by atoms with Gasteiger partial charge in [-0.05, 0) is 35.9 Å². The lowest BCUT2D eigenvalue weighted by atomic mass is 10.2. The number of hydrogen-bond donors (Lipinski definition) is 1. The van der Waals surface area contributed by atoms with E-state index in [1.54, 1.807) is 48.5 Å². The average molecular weight is 374 g/mol. The van der Waals surface area contributed by atoms with Crippen LogP contribution in [-0.2, 0) is 14.3 Å². The summed E-state index contributed by atoms with van der Waals surface area (Å²) in [5.41, 5.74) is 1.29. The van der Waals surface area contributed by atoms with Crippen molar-refractivity contribution >= 4 is 35.2 Å². The Morgan fingerprint density at radius 2 is 1.92 bits per heavy atom. The number of carbonyl (C=O) groups excluding carboxylic acids is 2. The van der Waals surface area contributed by atoms with E-state index in [0.29, 0.717) is 35.4 Å². The fourth-order valence-electron chi connectivity index (χ4n) is 2.28. The molecule has 0 aromatic heterocycles. The van der Waals surface area contributed by atoms with E-state index in [2.05, 4.69) is 5.32 Å². The first-order chi connectivity index (χ1) is 12.6. The minimum atomic E-state index is -0.623. The number of halogens is 1. The summed E-state index contributed by atoms with van der Waals surface area (Å²) in [6, 6.07) is 12.1. The number of esters is 1. The molecule has 0 fully saturated rings. The molecule has 0 aliphatic carbocycles. The first kappa shape index (κ1) is 17.8. The van der Waals surface area contributed by atoms with Crippen LogP contribution in [0.2, 0.25) is 5.02 Å². The van der Waals surface area contributed by atoms with Gasteiger partial charge in [0.2, 0.25) is 0 Å². The molecule has 1 aliphatic heterocycles. The van der Waals surface area contributed by atoms with Crippen LogP contribution in [-0.4, -0.2) is 31.7 Å². The molecule has 134 valence electrons. The molecule has 6 nitrogen and oxygen atoms in total. The van der Waals surface area contributed by atoms with Crippen molar-refractivity contribution in [1.82, 2.24) is 0 Å². The molecule has 2 aromatic carbocycles. The maximum absolute atomic E-state index is 11.9. The lowest BCUT2D eigenvalue weighted by molar-refractivity contribution is -0.142. The Balaban J connectivity index is 1.48. The molecule has 0 saturated carbocycles. The molecule has 0 spiro atoms. The van der Waals surface area contributed by atoms with E-state index >= 15 is 0 Å². The average Bonchev–Trinajstić information content (AvgIpc) is 2.65. The molecular formula is C19H16ClNO5. The second kappa shape index (κ2) is 8.40. The largest absolute Gasteiger partial charge is 0.486 e. The monoisotopic (exact) mass is 373 g/mol. The summed E-state index contributed by atoms with van der Waals surface area (Å²) < 4.78 is 15.8. The van der Waals surface area contributed by atoms with Crippen LogP contribution in [0.15, 0.2) is 48.5 Å². The number of ether oxygens (including phenoxy) is 3. The fraction of sp³-hybridized carbons (Fsp3) is 0.158. The third-order valence-electron chi connectivity index (χ3n) is 3.43. The van der Waals surface area contributed by atoms with E-state index in [-0.39, 0.29) is 0 Å². The molecule has 7 heteroatoms. The van der Waals surface area contributed by atoms with Gasteiger partial charge < -0.3 is 19.5 Å². The molecule has 0 unspecified atom stereocenters. The molecule has 2 aromatic rings. The van der Waals surface area contributed by atoms with Crippen molar-refractivity contribution in [1.29, 1.82) is 0 Å². The summed E-state index contributed by atoms with van der Waals surface area (Å²) >= 11 is 5.86. The molecular weight excluding hydrogens is 358 g/mol. The van der Waals surface area contributed by atoms with Crippen LogP contribution in [0.25, 0.3) is 6.08 Å². The van der Waals surface area contributed by atoms with Crippen molar-refractivity contribution in [3.05, 3.63) is 59.1 Å². The zero-order chi connectivity index (χ0) is 18.4. The summed E-state index contributed by atoms with van der Waals surface area (Å²) in [5, 5.41) is 3.20. The number of nitrogens with one attached hydrogen (secondary N) is 1. The van der Waals surface area contributed by atoms with E-state index in [9.17, 15) is 9.59 Å². The molecule has 0 radical (unpaired) electrons. The molecule has 1 aliphatic rings. The molecule has 0 atom stereocenters. The number of anilines is 1. The van der Waals surface area contributed by atoms with E-state index in [1.807, 2.05) is 0 Å². The summed E-state index contributed by atoms with van der Waals surface area (Å²) in [7, 11) is 0. The summed E-state index contributed by atoms with van der Waals surface area (Å²) in [4.78, 5) is 23.6. The fourth-order valence-corrected chi connectivity index (χ4v) is 2.48. The van der Waals surface area contributed by atoms with E-state index in [4.69, 9.17) is 25.8 Å². The van der Waals surface area contributed by atoms with Gasteiger partial charge in [-0.15, -0.1) is 0 Å². The van der Waals surface area contributed by atoms with Gasteiger partial charge >= 0.3 is 5.97 Å².